The van der Waals surface area contributed by atoms with E-state index in [2.05, 4.69) is 15.9 Å². The summed E-state index contributed by atoms with van der Waals surface area (Å²) in [5.41, 5.74) is 8.14. The fourth-order valence-electron chi connectivity index (χ4n) is 1.21. The van der Waals surface area contributed by atoms with Crippen molar-refractivity contribution in [1.82, 2.24) is 0 Å². The molecule has 2 N–H and O–H groups in total. The first kappa shape index (κ1) is 10.4. The lowest BCUT2D eigenvalue weighted by Crippen LogP contribution is -2.15. The molecule has 0 amide bonds. The Morgan fingerprint density at radius 1 is 1.46 bits per heavy atom. The van der Waals surface area contributed by atoms with Crippen molar-refractivity contribution in [1.29, 1.82) is 0 Å². The monoisotopic (exact) mass is 241 g/mol. The van der Waals surface area contributed by atoms with Crippen LogP contribution in [0.5, 0.6) is 0 Å². The van der Waals surface area contributed by atoms with E-state index in [4.69, 9.17) is 5.73 Å². The smallest absolute Gasteiger partial charge is 0.176 e. The van der Waals surface area contributed by atoms with Crippen LogP contribution in [0.15, 0.2) is 16.6 Å². The number of ketones is 1. The summed E-state index contributed by atoms with van der Waals surface area (Å²) in [4.78, 5) is 11.4. The number of halogens is 1. The normalized spacial score (nSPS) is 10.2. The maximum absolute atomic E-state index is 11.4. The average molecular weight is 242 g/mol. The summed E-state index contributed by atoms with van der Waals surface area (Å²) >= 11 is 3.35. The Kier molecular flexibility index (Phi) is 3.22. The van der Waals surface area contributed by atoms with Gasteiger partial charge in [-0.3, -0.25) is 4.79 Å². The molecule has 0 radical (unpaired) electrons. The molecule has 0 aromatic heterocycles. The lowest BCUT2D eigenvalue weighted by molar-refractivity contribution is 0.100. The lowest BCUT2D eigenvalue weighted by atomic mass is 10.0. The van der Waals surface area contributed by atoms with Crippen LogP contribution < -0.4 is 5.73 Å². The van der Waals surface area contributed by atoms with E-state index in [-0.39, 0.29) is 12.3 Å². The Bertz CT molecular complexity index is 347. The van der Waals surface area contributed by atoms with Crippen LogP contribution >= 0.6 is 15.9 Å². The number of carbonyl (C=O) groups is 1. The number of carbonyl (C=O) groups excluding carboxylic acids is 1. The number of hydrogen-bond donors (Lipinski definition) is 1. The second-order valence-electron chi connectivity index (χ2n) is 3.02. The molecule has 2 nitrogen and oxygen atoms in total. The average Bonchev–Trinajstić information content (AvgIpc) is 2.10. The molecule has 0 heterocycles. The largest absolute Gasteiger partial charge is 0.324 e. The van der Waals surface area contributed by atoms with Crippen LogP contribution in [0.2, 0.25) is 0 Å². The fraction of sp³-hybridized carbons (Fsp3) is 0.300. The molecule has 0 saturated carbocycles. The van der Waals surface area contributed by atoms with Crippen LogP contribution in [-0.4, -0.2) is 12.3 Å². The summed E-state index contributed by atoms with van der Waals surface area (Å²) in [5, 5.41) is 0. The molecule has 1 aromatic carbocycles. The third kappa shape index (κ3) is 2.17. The van der Waals surface area contributed by atoms with Gasteiger partial charge in [0.1, 0.15) is 0 Å². The summed E-state index contributed by atoms with van der Waals surface area (Å²) < 4.78 is 0.924. The summed E-state index contributed by atoms with van der Waals surface area (Å²) in [6.45, 7) is 3.98. The Hall–Kier alpha value is -0.670. The van der Waals surface area contributed by atoms with Crippen LogP contribution in [0, 0.1) is 13.8 Å². The molecule has 0 saturated heterocycles. The molecule has 13 heavy (non-hydrogen) atoms. The summed E-state index contributed by atoms with van der Waals surface area (Å²) in [7, 11) is 0. The van der Waals surface area contributed by atoms with E-state index in [0.29, 0.717) is 0 Å². The summed E-state index contributed by atoms with van der Waals surface area (Å²) in [6.07, 6.45) is 0. The van der Waals surface area contributed by atoms with Gasteiger partial charge in [-0.1, -0.05) is 15.9 Å². The SMILES string of the molecule is Cc1cc(Br)cc(C(=O)CN)c1C. The highest BCUT2D eigenvalue weighted by Crippen LogP contribution is 2.20. The van der Waals surface area contributed by atoms with E-state index in [1.807, 2.05) is 26.0 Å². The van der Waals surface area contributed by atoms with Crippen molar-refractivity contribution in [2.24, 2.45) is 5.73 Å². The minimum absolute atomic E-state index is 0.0121. The van der Waals surface area contributed by atoms with Gasteiger partial charge in [-0.25, -0.2) is 0 Å². The van der Waals surface area contributed by atoms with Crippen LogP contribution in [0.3, 0.4) is 0 Å². The molecule has 70 valence electrons. The molecule has 1 rings (SSSR count). The number of nitrogens with two attached hydrogens (primary N) is 1. The molecule has 0 unspecified atom stereocenters. The number of aryl methyl sites for hydroxylation is 1. The van der Waals surface area contributed by atoms with Crippen molar-refractivity contribution < 1.29 is 4.79 Å². The van der Waals surface area contributed by atoms with Crippen molar-refractivity contribution in [2.45, 2.75) is 13.8 Å². The molecule has 0 bridgehead atoms. The zero-order valence-corrected chi connectivity index (χ0v) is 9.31. The molecule has 0 aliphatic carbocycles. The molecule has 0 aliphatic rings. The zero-order valence-electron chi connectivity index (χ0n) is 7.73. The van der Waals surface area contributed by atoms with E-state index < -0.39 is 0 Å². The fourth-order valence-corrected chi connectivity index (χ4v) is 1.79. The highest BCUT2D eigenvalue weighted by molar-refractivity contribution is 9.10. The minimum atomic E-state index is -0.0121. The minimum Gasteiger partial charge on any atom is -0.324 e. The maximum atomic E-state index is 11.4. The highest BCUT2D eigenvalue weighted by Gasteiger charge is 2.09. The van der Waals surface area contributed by atoms with E-state index in [9.17, 15) is 4.79 Å². The van der Waals surface area contributed by atoms with Gasteiger partial charge < -0.3 is 5.73 Å². The van der Waals surface area contributed by atoms with E-state index in [1.54, 1.807) is 0 Å². The van der Waals surface area contributed by atoms with E-state index in [0.717, 1.165) is 21.2 Å². The number of benzene rings is 1. The zero-order chi connectivity index (χ0) is 10.0. The van der Waals surface area contributed by atoms with Gasteiger partial charge in [-0.2, -0.15) is 0 Å². The molecule has 0 fully saturated rings. The van der Waals surface area contributed by atoms with Gasteiger partial charge in [0, 0.05) is 10.0 Å². The maximum Gasteiger partial charge on any atom is 0.176 e. The molecule has 0 aliphatic heterocycles. The van der Waals surface area contributed by atoms with E-state index >= 15 is 0 Å². The standard InChI is InChI=1S/C10H12BrNO/c1-6-3-8(11)4-9(7(6)2)10(13)5-12/h3-4H,5,12H2,1-2H3. The first-order valence-electron chi connectivity index (χ1n) is 4.06. The van der Waals surface area contributed by atoms with E-state index in [1.165, 1.54) is 0 Å². The first-order valence-corrected chi connectivity index (χ1v) is 4.85. The Morgan fingerprint density at radius 2 is 2.08 bits per heavy atom. The van der Waals surface area contributed by atoms with Crippen LogP contribution in [-0.2, 0) is 0 Å². The number of Topliss-reactive ketones (excluding diaryl/α,β-unsaturated/α-hetero) is 1. The lowest BCUT2D eigenvalue weighted by Gasteiger charge is -2.07. The highest BCUT2D eigenvalue weighted by atomic mass is 79.9. The predicted molar refractivity (Wildman–Crippen MR) is 57.0 cm³/mol. The second kappa shape index (κ2) is 4.03. The van der Waals surface area contributed by atoms with Crippen LogP contribution in [0.1, 0.15) is 21.5 Å². The van der Waals surface area contributed by atoms with Gasteiger partial charge in [0.05, 0.1) is 6.54 Å². The Morgan fingerprint density at radius 3 is 2.62 bits per heavy atom. The Balaban J connectivity index is 3.28. The van der Waals surface area contributed by atoms with Gasteiger partial charge in [0.25, 0.3) is 0 Å². The number of rotatable bonds is 2. The number of hydrogen-bond acceptors (Lipinski definition) is 2. The molecule has 0 spiro atoms. The van der Waals surface area contributed by atoms with Crippen molar-refractivity contribution in [2.75, 3.05) is 6.54 Å². The van der Waals surface area contributed by atoms with Gasteiger partial charge in [0.2, 0.25) is 0 Å². The second-order valence-corrected chi connectivity index (χ2v) is 3.94. The van der Waals surface area contributed by atoms with Gasteiger partial charge >= 0.3 is 0 Å². The van der Waals surface area contributed by atoms with Gasteiger partial charge in [-0.05, 0) is 37.1 Å². The van der Waals surface area contributed by atoms with Gasteiger partial charge in [-0.15, -0.1) is 0 Å². The van der Waals surface area contributed by atoms with Crippen molar-refractivity contribution in [3.8, 4) is 0 Å². The summed E-state index contributed by atoms with van der Waals surface area (Å²) in [5.74, 6) is -0.0121. The molecule has 0 atom stereocenters. The third-order valence-corrected chi connectivity index (χ3v) is 2.58. The Labute approximate surface area is 86.3 Å². The summed E-state index contributed by atoms with van der Waals surface area (Å²) in [6, 6.07) is 3.81. The van der Waals surface area contributed by atoms with Crippen molar-refractivity contribution in [3.63, 3.8) is 0 Å². The van der Waals surface area contributed by atoms with Crippen molar-refractivity contribution in [3.05, 3.63) is 33.3 Å². The predicted octanol–water partition coefficient (Wildman–Crippen LogP) is 2.21. The topological polar surface area (TPSA) is 43.1 Å². The molecule has 1 aromatic rings. The van der Waals surface area contributed by atoms with Crippen molar-refractivity contribution >= 4 is 21.7 Å². The van der Waals surface area contributed by atoms with Crippen LogP contribution in [0.25, 0.3) is 0 Å². The molecular formula is C10H12BrNO. The third-order valence-electron chi connectivity index (χ3n) is 2.12. The quantitative estimate of drug-likeness (QED) is 0.808. The first-order chi connectivity index (χ1) is 6.06. The molecular weight excluding hydrogens is 230 g/mol. The van der Waals surface area contributed by atoms with Crippen LogP contribution in [0.4, 0.5) is 0 Å². The van der Waals surface area contributed by atoms with Gasteiger partial charge in [0.15, 0.2) is 5.78 Å². The molecule has 3 heteroatoms.